The number of rotatable bonds is 6. The molecule has 3 N–H and O–H groups in total. The summed E-state index contributed by atoms with van der Waals surface area (Å²) in [5, 5.41) is 19.9. The van der Waals surface area contributed by atoms with Gasteiger partial charge in [0, 0.05) is 24.3 Å². The number of ether oxygens (including phenoxy) is 3. The second-order valence-corrected chi connectivity index (χ2v) is 9.56. The van der Waals surface area contributed by atoms with Gasteiger partial charge in [0.05, 0.1) is 42.7 Å². The minimum atomic E-state index is -0.945. The Kier molecular flexibility index (Phi) is 6.71. The fourth-order valence-electron chi connectivity index (χ4n) is 4.72. The van der Waals surface area contributed by atoms with E-state index in [4.69, 9.17) is 25.8 Å². The van der Waals surface area contributed by atoms with Crippen molar-refractivity contribution in [3.05, 3.63) is 59.6 Å². The summed E-state index contributed by atoms with van der Waals surface area (Å²) in [6, 6.07) is 18.6. The van der Waals surface area contributed by atoms with E-state index >= 15 is 0 Å². The van der Waals surface area contributed by atoms with Gasteiger partial charge in [0.25, 0.3) is 6.01 Å². The van der Waals surface area contributed by atoms with E-state index < -0.39 is 18.3 Å². The first-order valence-electron chi connectivity index (χ1n) is 12.3. The van der Waals surface area contributed by atoms with Gasteiger partial charge in [-0.3, -0.25) is 0 Å². The Morgan fingerprint density at radius 1 is 1.00 bits per heavy atom. The van der Waals surface area contributed by atoms with Crippen LogP contribution in [0.4, 0.5) is 5.69 Å². The largest absolute Gasteiger partial charge is 0.456 e. The lowest BCUT2D eigenvalue weighted by molar-refractivity contribution is -0.00390. The summed E-state index contributed by atoms with van der Waals surface area (Å²) in [6.07, 6.45) is -2.25. The molecule has 9 nitrogen and oxygen atoms in total. The van der Waals surface area contributed by atoms with Crippen molar-refractivity contribution >= 4 is 28.5 Å². The Bertz CT molecular complexity index is 1370. The zero-order valence-corrected chi connectivity index (χ0v) is 20.8. The summed E-state index contributed by atoms with van der Waals surface area (Å²) < 4.78 is 16.5. The van der Waals surface area contributed by atoms with Gasteiger partial charge in [-0.1, -0.05) is 48.0 Å². The van der Waals surface area contributed by atoms with Gasteiger partial charge in [-0.2, -0.15) is 4.98 Å². The van der Waals surface area contributed by atoms with Crippen LogP contribution < -0.4 is 9.64 Å². The highest BCUT2D eigenvalue weighted by atomic mass is 35.5. The molecule has 10 heteroatoms. The summed E-state index contributed by atoms with van der Waals surface area (Å²) in [5.74, 6) is 0. The SMILES string of the molecule is OC[C@H]1OC[C@@H](Oc2nc3nc(-c4ccc(-c5ccc(N6CCOCC6)cc5)cc4)c(Cl)cc3[nH]2)[C@@H]1O. The van der Waals surface area contributed by atoms with E-state index in [1.54, 1.807) is 6.07 Å². The lowest BCUT2D eigenvalue weighted by Gasteiger charge is -2.28. The summed E-state index contributed by atoms with van der Waals surface area (Å²) in [7, 11) is 0. The number of aromatic amines is 1. The number of anilines is 1. The summed E-state index contributed by atoms with van der Waals surface area (Å²) in [5.41, 5.74) is 6.00. The molecular formula is C27H27ClN4O5. The number of nitrogens with zero attached hydrogens (tertiary/aromatic N) is 3. The molecular weight excluding hydrogens is 496 g/mol. The highest BCUT2D eigenvalue weighted by Gasteiger charge is 2.37. The van der Waals surface area contributed by atoms with Gasteiger partial charge in [-0.25, -0.2) is 4.98 Å². The zero-order valence-electron chi connectivity index (χ0n) is 20.0. The van der Waals surface area contributed by atoms with Crippen LogP contribution in [0.1, 0.15) is 0 Å². The number of aromatic nitrogens is 3. The summed E-state index contributed by atoms with van der Waals surface area (Å²) >= 11 is 6.57. The predicted molar refractivity (Wildman–Crippen MR) is 140 cm³/mol. The molecule has 192 valence electrons. The van der Waals surface area contributed by atoms with Crippen molar-refractivity contribution in [3.8, 4) is 28.4 Å². The summed E-state index contributed by atoms with van der Waals surface area (Å²) in [6.45, 7) is 3.24. The van der Waals surface area contributed by atoms with Gasteiger partial charge in [-0.15, -0.1) is 0 Å². The standard InChI is InChI=1S/C27H27ClN4O5/c28-20-13-21-26(31-27(29-21)37-23-15-36-22(14-33)25(23)34)30-24(20)18-3-1-16(2-4-18)17-5-7-19(8-6-17)32-9-11-35-12-10-32/h1-8,13,22-23,25,33-34H,9-12,14-15H2,(H,29,30,31)/t22-,23-,25-/m1/s1. The second kappa shape index (κ2) is 10.3. The fourth-order valence-corrected chi connectivity index (χ4v) is 4.98. The van der Waals surface area contributed by atoms with Crippen molar-refractivity contribution in [2.24, 2.45) is 0 Å². The van der Waals surface area contributed by atoms with Crippen molar-refractivity contribution < 1.29 is 24.4 Å². The highest BCUT2D eigenvalue weighted by molar-refractivity contribution is 6.33. The highest BCUT2D eigenvalue weighted by Crippen LogP contribution is 2.32. The van der Waals surface area contributed by atoms with Gasteiger partial charge in [0.1, 0.15) is 12.2 Å². The first kappa shape index (κ1) is 24.1. The molecule has 2 aromatic heterocycles. The Morgan fingerprint density at radius 2 is 1.68 bits per heavy atom. The molecule has 0 amide bonds. The number of pyridine rings is 1. The molecule has 3 atom stereocenters. The third-order valence-corrected chi connectivity index (χ3v) is 7.11. The van der Waals surface area contributed by atoms with E-state index in [0.717, 1.165) is 43.0 Å². The van der Waals surface area contributed by atoms with Crippen molar-refractivity contribution in [2.45, 2.75) is 18.3 Å². The zero-order chi connectivity index (χ0) is 25.4. The van der Waals surface area contributed by atoms with Gasteiger partial charge >= 0.3 is 0 Å². The molecule has 0 aliphatic carbocycles. The predicted octanol–water partition coefficient (Wildman–Crippen LogP) is 3.28. The molecule has 0 spiro atoms. The number of nitrogens with one attached hydrogen (secondary N) is 1. The average Bonchev–Trinajstić information content (AvgIpc) is 3.50. The van der Waals surface area contributed by atoms with Crippen LogP contribution in [0.25, 0.3) is 33.5 Å². The average molecular weight is 523 g/mol. The van der Waals surface area contributed by atoms with Gasteiger partial charge in [0.15, 0.2) is 11.8 Å². The number of hydrogen-bond donors (Lipinski definition) is 3. The number of H-pyrrole nitrogens is 1. The molecule has 0 bridgehead atoms. The fraction of sp³-hybridized carbons (Fsp3) is 0.333. The maximum atomic E-state index is 10.2. The van der Waals surface area contributed by atoms with Crippen molar-refractivity contribution in [3.63, 3.8) is 0 Å². The molecule has 4 heterocycles. The lowest BCUT2D eigenvalue weighted by atomic mass is 10.0. The van der Waals surface area contributed by atoms with Crippen LogP contribution in [0.2, 0.25) is 5.02 Å². The lowest BCUT2D eigenvalue weighted by Crippen LogP contribution is -2.36. The molecule has 2 aliphatic heterocycles. The van der Waals surface area contributed by atoms with Gasteiger partial charge in [0.2, 0.25) is 0 Å². The number of aliphatic hydroxyl groups is 2. The Morgan fingerprint density at radius 3 is 2.35 bits per heavy atom. The van der Waals surface area contributed by atoms with E-state index in [0.29, 0.717) is 21.9 Å². The topological polar surface area (TPSA) is 113 Å². The van der Waals surface area contributed by atoms with E-state index in [1.165, 1.54) is 5.69 Å². The summed E-state index contributed by atoms with van der Waals surface area (Å²) in [4.78, 5) is 14.4. The molecule has 6 rings (SSSR count). The Hall–Kier alpha value is -3.21. The number of imidazole rings is 1. The number of halogens is 1. The van der Waals surface area contributed by atoms with Crippen molar-refractivity contribution in [1.29, 1.82) is 0 Å². The number of aliphatic hydroxyl groups excluding tert-OH is 2. The van der Waals surface area contributed by atoms with Crippen LogP contribution in [0.3, 0.4) is 0 Å². The molecule has 2 aromatic carbocycles. The molecule has 2 fully saturated rings. The molecule has 4 aromatic rings. The van der Waals surface area contributed by atoms with Crippen LogP contribution in [-0.2, 0) is 9.47 Å². The Labute approximate surface area is 218 Å². The van der Waals surface area contributed by atoms with Crippen LogP contribution in [0.15, 0.2) is 54.6 Å². The van der Waals surface area contributed by atoms with Crippen LogP contribution in [-0.4, -0.2) is 83.0 Å². The quantitative estimate of drug-likeness (QED) is 0.353. The molecule has 37 heavy (non-hydrogen) atoms. The maximum Gasteiger partial charge on any atom is 0.296 e. The smallest absolute Gasteiger partial charge is 0.296 e. The van der Waals surface area contributed by atoms with Gasteiger partial charge in [-0.05, 0) is 29.3 Å². The molecule has 2 saturated heterocycles. The van der Waals surface area contributed by atoms with Crippen LogP contribution in [0, 0.1) is 0 Å². The van der Waals surface area contributed by atoms with E-state index in [9.17, 15) is 10.2 Å². The molecule has 0 unspecified atom stereocenters. The monoisotopic (exact) mass is 522 g/mol. The van der Waals surface area contributed by atoms with Crippen LogP contribution >= 0.6 is 11.6 Å². The first-order valence-corrected chi connectivity index (χ1v) is 12.6. The van der Waals surface area contributed by atoms with E-state index in [1.807, 2.05) is 12.1 Å². The number of morpholine rings is 1. The van der Waals surface area contributed by atoms with Crippen LogP contribution in [0.5, 0.6) is 6.01 Å². The second-order valence-electron chi connectivity index (χ2n) is 9.16. The number of hydrogen-bond acceptors (Lipinski definition) is 8. The third-order valence-electron chi connectivity index (χ3n) is 6.82. The van der Waals surface area contributed by atoms with E-state index in [2.05, 4.69) is 56.3 Å². The maximum absolute atomic E-state index is 10.2. The normalized spacial score (nSPS) is 22.0. The molecule has 0 saturated carbocycles. The number of fused-ring (bicyclic) bond motifs is 1. The van der Waals surface area contributed by atoms with Gasteiger partial charge < -0.3 is 34.3 Å². The third kappa shape index (κ3) is 4.88. The number of benzene rings is 2. The molecule has 2 aliphatic rings. The van der Waals surface area contributed by atoms with E-state index in [-0.39, 0.29) is 19.2 Å². The minimum Gasteiger partial charge on any atom is -0.456 e. The minimum absolute atomic E-state index is 0.158. The van der Waals surface area contributed by atoms with Crippen molar-refractivity contribution in [2.75, 3.05) is 44.4 Å². The van der Waals surface area contributed by atoms with Crippen molar-refractivity contribution in [1.82, 2.24) is 15.0 Å². The Balaban J connectivity index is 1.19. The first-order chi connectivity index (χ1) is 18.1. The molecule has 0 radical (unpaired) electrons.